The first-order valence-electron chi connectivity index (χ1n) is 6.52. The van der Waals surface area contributed by atoms with E-state index in [1.54, 1.807) is 12.1 Å². The van der Waals surface area contributed by atoms with Crippen molar-refractivity contribution in [1.29, 1.82) is 0 Å². The van der Waals surface area contributed by atoms with Crippen molar-refractivity contribution in [1.82, 2.24) is 0 Å². The topological polar surface area (TPSA) is 78.8 Å². The molecule has 5 nitrogen and oxygen atoms in total. The molecule has 2 N–H and O–H groups in total. The summed E-state index contributed by atoms with van der Waals surface area (Å²) in [5.74, 6) is 0. The molecule has 1 aliphatic carbocycles. The second kappa shape index (κ2) is 5.31. The van der Waals surface area contributed by atoms with Crippen molar-refractivity contribution in [3.05, 3.63) is 59.7 Å². The molecule has 0 heterocycles. The number of aryl methyl sites for hydroxylation is 1. The van der Waals surface area contributed by atoms with Crippen molar-refractivity contribution in [3.8, 4) is 0 Å². The zero-order valence-corrected chi connectivity index (χ0v) is 12.0. The van der Waals surface area contributed by atoms with Gasteiger partial charge in [0, 0.05) is 5.56 Å². The van der Waals surface area contributed by atoms with Gasteiger partial charge in [-0.3, -0.25) is 9.98 Å². The average molecular weight is 302 g/mol. The Labute approximate surface area is 123 Å². The lowest BCUT2D eigenvalue weighted by Crippen LogP contribution is -2.01. The molecule has 0 radical (unpaired) electrons. The number of hydrogen-bond acceptors (Lipinski definition) is 4. The number of fused-ring (bicyclic) bond motifs is 1. The van der Waals surface area contributed by atoms with Crippen LogP contribution in [0.1, 0.15) is 17.5 Å². The fraction of sp³-hybridized carbons (Fsp3) is 0.133. The Morgan fingerprint density at radius 2 is 1.71 bits per heavy atom. The molecule has 21 heavy (non-hydrogen) atoms. The summed E-state index contributed by atoms with van der Waals surface area (Å²) in [5.41, 5.74) is 7.02. The van der Waals surface area contributed by atoms with E-state index in [4.69, 9.17) is 4.55 Å². The highest BCUT2D eigenvalue weighted by atomic mass is 32.2. The summed E-state index contributed by atoms with van der Waals surface area (Å²) in [6.07, 6.45) is 1.87. The summed E-state index contributed by atoms with van der Waals surface area (Å²) in [6, 6.07) is 13.9. The van der Waals surface area contributed by atoms with Gasteiger partial charge in [0.05, 0.1) is 16.3 Å². The summed E-state index contributed by atoms with van der Waals surface area (Å²) in [4.78, 5) is -0.132. The predicted octanol–water partition coefficient (Wildman–Crippen LogP) is 2.70. The smallest absolute Gasteiger partial charge is 0.282 e. The van der Waals surface area contributed by atoms with Crippen LogP contribution in [0.25, 0.3) is 0 Å². The molecule has 6 heteroatoms. The molecule has 0 amide bonds. The van der Waals surface area contributed by atoms with Crippen LogP contribution in [0.4, 0.5) is 5.69 Å². The molecule has 2 aromatic rings. The highest BCUT2D eigenvalue weighted by Gasteiger charge is 2.16. The molecule has 108 valence electrons. The van der Waals surface area contributed by atoms with Crippen LogP contribution in [0, 0.1) is 0 Å². The minimum atomic E-state index is -4.15. The molecule has 2 aromatic carbocycles. The number of rotatable bonds is 3. The first-order valence-corrected chi connectivity index (χ1v) is 7.96. The maximum Gasteiger partial charge on any atom is 0.294 e. The first-order chi connectivity index (χ1) is 10.0. The molecule has 0 saturated heterocycles. The van der Waals surface area contributed by atoms with Crippen LogP contribution in [0.3, 0.4) is 0 Å². The van der Waals surface area contributed by atoms with Gasteiger partial charge < -0.3 is 0 Å². The Bertz CT molecular complexity index is 796. The Morgan fingerprint density at radius 3 is 2.43 bits per heavy atom. The van der Waals surface area contributed by atoms with Gasteiger partial charge in [-0.2, -0.15) is 13.5 Å². The summed E-state index contributed by atoms with van der Waals surface area (Å²) in [5, 5.41) is 4.38. The molecule has 1 aliphatic rings. The average Bonchev–Trinajstić information content (AvgIpc) is 2.88. The fourth-order valence-electron chi connectivity index (χ4n) is 2.36. The van der Waals surface area contributed by atoms with Crippen molar-refractivity contribution < 1.29 is 13.0 Å². The van der Waals surface area contributed by atoms with E-state index in [0.29, 0.717) is 5.69 Å². The van der Waals surface area contributed by atoms with E-state index in [2.05, 4.69) is 16.6 Å². The van der Waals surface area contributed by atoms with Crippen molar-refractivity contribution in [2.24, 2.45) is 5.10 Å². The predicted molar refractivity (Wildman–Crippen MR) is 81.2 cm³/mol. The highest BCUT2D eigenvalue weighted by molar-refractivity contribution is 7.85. The van der Waals surface area contributed by atoms with Crippen molar-refractivity contribution in [3.63, 3.8) is 0 Å². The Morgan fingerprint density at radius 1 is 1.00 bits per heavy atom. The quantitative estimate of drug-likeness (QED) is 0.675. The van der Waals surface area contributed by atoms with Crippen LogP contribution in [0.15, 0.2) is 58.5 Å². The zero-order valence-electron chi connectivity index (χ0n) is 11.2. The molecule has 0 bridgehead atoms. The molecular formula is C15H14N2O3S. The van der Waals surface area contributed by atoms with Gasteiger partial charge in [-0.15, -0.1) is 0 Å². The van der Waals surface area contributed by atoms with Crippen molar-refractivity contribution in [2.75, 3.05) is 5.43 Å². The summed E-state index contributed by atoms with van der Waals surface area (Å²) in [6.45, 7) is 0. The van der Waals surface area contributed by atoms with Crippen LogP contribution in [0.5, 0.6) is 0 Å². The normalized spacial score (nSPS) is 16.0. The summed E-state index contributed by atoms with van der Waals surface area (Å²) < 4.78 is 30.8. The molecule has 0 spiro atoms. The van der Waals surface area contributed by atoms with Gasteiger partial charge in [0.1, 0.15) is 0 Å². The van der Waals surface area contributed by atoms with Crippen LogP contribution in [0.2, 0.25) is 0 Å². The number of benzene rings is 2. The van der Waals surface area contributed by atoms with Gasteiger partial charge in [-0.25, -0.2) is 0 Å². The molecule has 0 fully saturated rings. The van der Waals surface area contributed by atoms with E-state index in [-0.39, 0.29) is 4.90 Å². The van der Waals surface area contributed by atoms with Crippen LogP contribution < -0.4 is 5.43 Å². The van der Waals surface area contributed by atoms with E-state index in [0.717, 1.165) is 24.1 Å². The van der Waals surface area contributed by atoms with Crippen LogP contribution in [-0.4, -0.2) is 18.7 Å². The Balaban J connectivity index is 1.78. The Hall–Kier alpha value is -2.18. The van der Waals surface area contributed by atoms with Gasteiger partial charge in [-0.05, 0) is 42.7 Å². The standard InChI is InChI=1S/C15H14N2O3S/c18-21(19,20)13-8-6-12(7-9-13)16-17-15-10-5-11-3-1-2-4-14(11)15/h1-4,6-9,16H,5,10H2,(H,18,19,20)/b17-15+. The number of nitrogens with zero attached hydrogens (tertiary/aromatic N) is 1. The fourth-order valence-corrected chi connectivity index (χ4v) is 2.84. The van der Waals surface area contributed by atoms with Gasteiger partial charge in [0.25, 0.3) is 10.1 Å². The maximum absolute atomic E-state index is 11.0. The van der Waals surface area contributed by atoms with Gasteiger partial charge in [0.15, 0.2) is 0 Å². The minimum Gasteiger partial charge on any atom is -0.282 e. The minimum absolute atomic E-state index is 0.132. The lowest BCUT2D eigenvalue weighted by atomic mass is 10.1. The van der Waals surface area contributed by atoms with Crippen LogP contribution in [-0.2, 0) is 16.5 Å². The van der Waals surface area contributed by atoms with Crippen molar-refractivity contribution >= 4 is 21.5 Å². The third-order valence-corrected chi connectivity index (χ3v) is 4.30. The van der Waals surface area contributed by atoms with E-state index >= 15 is 0 Å². The Kier molecular flexibility index (Phi) is 3.48. The molecule has 0 atom stereocenters. The molecule has 0 saturated carbocycles. The van der Waals surface area contributed by atoms with Gasteiger partial charge >= 0.3 is 0 Å². The number of nitrogens with one attached hydrogen (secondary N) is 1. The largest absolute Gasteiger partial charge is 0.294 e. The second-order valence-electron chi connectivity index (χ2n) is 4.83. The molecular weight excluding hydrogens is 288 g/mol. The maximum atomic E-state index is 11.0. The lowest BCUT2D eigenvalue weighted by Gasteiger charge is -2.04. The first kappa shape index (κ1) is 13.8. The SMILES string of the molecule is O=S(=O)(O)c1ccc(N/N=C2\CCc3ccccc32)cc1. The number of anilines is 1. The molecule has 0 aromatic heterocycles. The van der Waals surface area contributed by atoms with E-state index < -0.39 is 10.1 Å². The molecule has 0 unspecified atom stereocenters. The molecule has 3 rings (SSSR count). The van der Waals surface area contributed by atoms with Gasteiger partial charge in [0.2, 0.25) is 0 Å². The highest BCUT2D eigenvalue weighted by Crippen LogP contribution is 2.22. The summed E-state index contributed by atoms with van der Waals surface area (Å²) >= 11 is 0. The molecule has 0 aliphatic heterocycles. The van der Waals surface area contributed by atoms with Crippen molar-refractivity contribution in [2.45, 2.75) is 17.7 Å². The zero-order chi connectivity index (χ0) is 14.9. The monoisotopic (exact) mass is 302 g/mol. The van der Waals surface area contributed by atoms with Gasteiger partial charge in [-0.1, -0.05) is 24.3 Å². The third-order valence-electron chi connectivity index (χ3n) is 3.43. The second-order valence-corrected chi connectivity index (χ2v) is 6.25. The van der Waals surface area contributed by atoms with Crippen LogP contribution >= 0.6 is 0 Å². The number of hydrazone groups is 1. The van der Waals surface area contributed by atoms with E-state index in [1.165, 1.54) is 17.7 Å². The summed E-state index contributed by atoms with van der Waals surface area (Å²) in [7, 11) is -4.15. The lowest BCUT2D eigenvalue weighted by molar-refractivity contribution is 0.483. The third kappa shape index (κ3) is 2.96. The van der Waals surface area contributed by atoms with E-state index in [9.17, 15) is 8.42 Å². The number of hydrogen-bond donors (Lipinski definition) is 2. The van der Waals surface area contributed by atoms with E-state index in [1.807, 2.05) is 18.2 Å².